The number of hydrogen-bond acceptors (Lipinski definition) is 9. The first kappa shape index (κ1) is 32.2. The van der Waals surface area contributed by atoms with Gasteiger partial charge < -0.3 is 14.2 Å². The van der Waals surface area contributed by atoms with Crippen molar-refractivity contribution in [3.8, 4) is 17.2 Å². The fourth-order valence-corrected chi connectivity index (χ4v) is 4.89. The lowest BCUT2D eigenvalue weighted by Crippen LogP contribution is -2.19. The summed E-state index contributed by atoms with van der Waals surface area (Å²) in [6, 6.07) is 20.8. The zero-order valence-electron chi connectivity index (χ0n) is 25.3. The number of rotatable bonds is 15. The largest absolute Gasteiger partial charge is 0.490 e. The summed E-state index contributed by atoms with van der Waals surface area (Å²) in [5, 5.41) is 15.5. The molecule has 0 bridgehead atoms. The molecule has 4 aromatic rings. The van der Waals surface area contributed by atoms with E-state index < -0.39 is 0 Å². The number of nitrogens with one attached hydrogen (secondary N) is 2. The van der Waals surface area contributed by atoms with Crippen LogP contribution in [0.5, 0.6) is 17.2 Å². The number of aromatic nitrogens is 2. The van der Waals surface area contributed by atoms with Crippen LogP contribution in [0.4, 0.5) is 5.13 Å². The van der Waals surface area contributed by atoms with Crippen molar-refractivity contribution in [2.24, 2.45) is 5.10 Å². The maximum atomic E-state index is 12.5. The van der Waals surface area contributed by atoms with E-state index in [1.807, 2.05) is 44.2 Å². The average molecular weight is 616 g/mol. The van der Waals surface area contributed by atoms with Crippen LogP contribution in [0.2, 0.25) is 0 Å². The van der Waals surface area contributed by atoms with Crippen molar-refractivity contribution in [2.45, 2.75) is 46.5 Å². The summed E-state index contributed by atoms with van der Waals surface area (Å²) in [5.41, 5.74) is 5.91. The standard InChI is InChI=1S/C33H37N5O5S/c1-5-22(3)25-12-14-26(15-13-25)42-17-18-43-28-16-11-24(19-29(28)41-6-2)21-34-36-30(39)20-31-37-38-33(44-31)35-32(40)27-10-8-7-9-23(27)4/h7-16,19,21-22H,5-6,17-18,20H2,1-4H3,(H,36,39)(H,35,38,40). The number of amides is 2. The zero-order valence-corrected chi connectivity index (χ0v) is 26.1. The molecule has 1 heterocycles. The van der Waals surface area contributed by atoms with Crippen molar-refractivity contribution >= 4 is 34.5 Å². The highest BCUT2D eigenvalue weighted by molar-refractivity contribution is 7.15. The molecule has 0 spiro atoms. The molecule has 1 unspecified atom stereocenters. The van der Waals surface area contributed by atoms with Gasteiger partial charge in [0.05, 0.1) is 19.2 Å². The third kappa shape index (κ3) is 9.37. The Hall–Kier alpha value is -4.77. The van der Waals surface area contributed by atoms with Crippen LogP contribution in [0.15, 0.2) is 71.8 Å². The smallest absolute Gasteiger partial charge is 0.257 e. The van der Waals surface area contributed by atoms with E-state index in [1.54, 1.807) is 24.3 Å². The fraction of sp³-hybridized carbons (Fsp3) is 0.303. The summed E-state index contributed by atoms with van der Waals surface area (Å²) < 4.78 is 17.5. The van der Waals surface area contributed by atoms with Gasteiger partial charge in [-0.25, -0.2) is 5.43 Å². The number of aryl methyl sites for hydroxylation is 1. The van der Waals surface area contributed by atoms with Gasteiger partial charge in [-0.1, -0.05) is 55.5 Å². The molecule has 1 aromatic heterocycles. The van der Waals surface area contributed by atoms with Crippen LogP contribution in [0.3, 0.4) is 0 Å². The zero-order chi connectivity index (χ0) is 31.3. The van der Waals surface area contributed by atoms with E-state index in [4.69, 9.17) is 14.2 Å². The topological polar surface area (TPSA) is 124 Å². The van der Waals surface area contributed by atoms with Gasteiger partial charge in [-0.15, -0.1) is 10.2 Å². The molecule has 44 heavy (non-hydrogen) atoms. The second kappa shape index (κ2) is 16.2. The Bertz CT molecular complexity index is 1570. The van der Waals surface area contributed by atoms with Crippen molar-refractivity contribution in [2.75, 3.05) is 25.1 Å². The fourth-order valence-electron chi connectivity index (χ4n) is 4.16. The molecule has 0 fully saturated rings. The summed E-state index contributed by atoms with van der Waals surface area (Å²) >= 11 is 1.13. The monoisotopic (exact) mass is 615 g/mol. The van der Waals surface area contributed by atoms with Crippen LogP contribution in [-0.2, 0) is 11.2 Å². The maximum absolute atomic E-state index is 12.5. The number of hydrogen-bond donors (Lipinski definition) is 2. The van der Waals surface area contributed by atoms with Gasteiger partial charge in [0.1, 0.15) is 24.0 Å². The summed E-state index contributed by atoms with van der Waals surface area (Å²) in [5.74, 6) is 1.83. The Kier molecular flexibility index (Phi) is 11.8. The molecular formula is C33H37N5O5S. The molecular weight excluding hydrogens is 578 g/mol. The molecule has 4 rings (SSSR count). The van der Waals surface area contributed by atoms with Crippen molar-refractivity contribution in [1.29, 1.82) is 0 Å². The SMILES string of the molecule is CCOc1cc(C=NNC(=O)Cc2nnc(NC(=O)c3ccccc3C)s2)ccc1OCCOc1ccc(C(C)CC)cc1. The predicted octanol–water partition coefficient (Wildman–Crippen LogP) is 6.16. The molecule has 1 atom stereocenters. The number of hydrazone groups is 1. The summed E-state index contributed by atoms with van der Waals surface area (Å²) in [6.45, 7) is 9.33. The minimum Gasteiger partial charge on any atom is -0.490 e. The highest BCUT2D eigenvalue weighted by atomic mass is 32.1. The van der Waals surface area contributed by atoms with E-state index in [0.717, 1.165) is 34.6 Å². The van der Waals surface area contributed by atoms with E-state index >= 15 is 0 Å². The van der Waals surface area contributed by atoms with Gasteiger partial charge in [-0.2, -0.15) is 5.10 Å². The third-order valence-corrected chi connectivity index (χ3v) is 7.57. The van der Waals surface area contributed by atoms with Crippen molar-refractivity contribution in [1.82, 2.24) is 15.6 Å². The van der Waals surface area contributed by atoms with Gasteiger partial charge in [0.25, 0.3) is 5.91 Å². The lowest BCUT2D eigenvalue weighted by Gasteiger charge is -2.14. The van der Waals surface area contributed by atoms with Crippen LogP contribution in [-0.4, -0.2) is 48.0 Å². The number of benzene rings is 3. The molecule has 2 amide bonds. The molecule has 10 nitrogen and oxygen atoms in total. The molecule has 0 radical (unpaired) electrons. The molecule has 2 N–H and O–H groups in total. The minimum absolute atomic E-state index is 0.0315. The first-order valence-corrected chi connectivity index (χ1v) is 15.3. The molecule has 0 aliphatic rings. The van der Waals surface area contributed by atoms with Gasteiger partial charge in [0, 0.05) is 5.56 Å². The van der Waals surface area contributed by atoms with E-state index in [2.05, 4.69) is 52.0 Å². The molecule has 3 aromatic carbocycles. The second-order valence-corrected chi connectivity index (χ2v) is 11.0. The number of nitrogens with zero attached hydrogens (tertiary/aromatic N) is 3. The lowest BCUT2D eigenvalue weighted by molar-refractivity contribution is -0.120. The minimum atomic E-state index is -0.367. The molecule has 11 heteroatoms. The Labute approximate surface area is 261 Å². The number of ether oxygens (including phenoxy) is 3. The molecule has 0 aliphatic heterocycles. The Balaban J connectivity index is 1.24. The Morgan fingerprint density at radius 2 is 1.73 bits per heavy atom. The quantitative estimate of drug-likeness (QED) is 0.0932. The summed E-state index contributed by atoms with van der Waals surface area (Å²) in [7, 11) is 0. The van der Waals surface area contributed by atoms with Gasteiger partial charge >= 0.3 is 0 Å². The third-order valence-electron chi connectivity index (χ3n) is 6.73. The Morgan fingerprint density at radius 3 is 2.48 bits per heavy atom. The van der Waals surface area contributed by atoms with E-state index in [1.165, 1.54) is 11.8 Å². The maximum Gasteiger partial charge on any atom is 0.257 e. The first-order chi connectivity index (χ1) is 21.4. The van der Waals surface area contributed by atoms with Crippen LogP contribution in [0.25, 0.3) is 0 Å². The van der Waals surface area contributed by atoms with Crippen molar-refractivity contribution in [3.63, 3.8) is 0 Å². The number of carbonyl (C=O) groups excluding carboxylic acids is 2. The first-order valence-electron chi connectivity index (χ1n) is 14.5. The van der Waals surface area contributed by atoms with Crippen LogP contribution in [0.1, 0.15) is 65.2 Å². The molecule has 0 aliphatic carbocycles. The van der Waals surface area contributed by atoms with E-state index in [0.29, 0.717) is 52.9 Å². The van der Waals surface area contributed by atoms with Crippen LogP contribution in [0, 0.1) is 6.92 Å². The highest BCUT2D eigenvalue weighted by Gasteiger charge is 2.14. The summed E-state index contributed by atoms with van der Waals surface area (Å²) in [4.78, 5) is 24.9. The van der Waals surface area contributed by atoms with Crippen LogP contribution < -0.4 is 25.0 Å². The molecule has 0 saturated heterocycles. The molecule has 0 saturated carbocycles. The second-order valence-electron chi connectivity index (χ2n) is 9.95. The van der Waals surface area contributed by atoms with E-state index in [-0.39, 0.29) is 18.2 Å². The number of carbonyl (C=O) groups is 2. The van der Waals surface area contributed by atoms with Gasteiger partial charge in [0.15, 0.2) is 11.5 Å². The number of anilines is 1. The molecule has 230 valence electrons. The van der Waals surface area contributed by atoms with Gasteiger partial charge in [-0.3, -0.25) is 14.9 Å². The van der Waals surface area contributed by atoms with Gasteiger partial charge in [-0.05, 0) is 79.3 Å². The van der Waals surface area contributed by atoms with E-state index in [9.17, 15) is 9.59 Å². The predicted molar refractivity (Wildman–Crippen MR) is 172 cm³/mol. The summed E-state index contributed by atoms with van der Waals surface area (Å²) in [6.07, 6.45) is 2.58. The lowest BCUT2D eigenvalue weighted by atomic mass is 9.99. The van der Waals surface area contributed by atoms with Crippen molar-refractivity contribution in [3.05, 3.63) is 94.0 Å². The average Bonchev–Trinajstić information content (AvgIpc) is 3.46. The van der Waals surface area contributed by atoms with Crippen LogP contribution >= 0.6 is 11.3 Å². The van der Waals surface area contributed by atoms with Crippen molar-refractivity contribution < 1.29 is 23.8 Å². The van der Waals surface area contributed by atoms with Gasteiger partial charge in [0.2, 0.25) is 11.0 Å². The Morgan fingerprint density at radius 1 is 0.955 bits per heavy atom. The highest BCUT2D eigenvalue weighted by Crippen LogP contribution is 2.28. The normalized spacial score (nSPS) is 11.6.